The number of ether oxygens (including phenoxy) is 7. The van der Waals surface area contributed by atoms with Crippen molar-refractivity contribution in [1.82, 2.24) is 0 Å². The Kier molecular flexibility index (Phi) is 9.61. The first-order chi connectivity index (χ1) is 18.5. The highest BCUT2D eigenvalue weighted by Crippen LogP contribution is 2.46. The molecule has 2 fully saturated rings. The average molecular weight is 529 g/mol. The third-order valence-electron chi connectivity index (χ3n) is 7.80. The van der Waals surface area contributed by atoms with E-state index in [1.165, 1.54) is 6.42 Å². The summed E-state index contributed by atoms with van der Waals surface area (Å²) in [6.45, 7) is 0.815. The van der Waals surface area contributed by atoms with Gasteiger partial charge in [-0.25, -0.2) is 0 Å². The average Bonchev–Trinajstić information content (AvgIpc) is 3.37. The van der Waals surface area contributed by atoms with Crippen LogP contribution in [0, 0.1) is 17.8 Å². The Morgan fingerprint density at radius 1 is 0.816 bits per heavy atom. The molecule has 38 heavy (non-hydrogen) atoms. The first kappa shape index (κ1) is 27.9. The lowest BCUT2D eigenvalue weighted by atomic mass is 9.84. The zero-order chi connectivity index (χ0) is 27.1. The quantitative estimate of drug-likeness (QED) is 0.359. The van der Waals surface area contributed by atoms with Crippen LogP contribution in [0.4, 0.5) is 0 Å². The monoisotopic (exact) mass is 528 g/mol. The molecule has 0 radical (unpaired) electrons. The topological polar surface area (TPSA) is 81.7 Å². The third kappa shape index (κ3) is 6.12. The van der Waals surface area contributed by atoms with Crippen molar-refractivity contribution in [3.63, 3.8) is 0 Å². The summed E-state index contributed by atoms with van der Waals surface area (Å²) in [4.78, 5) is 13.0. The van der Waals surface area contributed by atoms with E-state index >= 15 is 0 Å². The third-order valence-corrected chi connectivity index (χ3v) is 7.80. The second-order valence-corrected chi connectivity index (χ2v) is 9.99. The second-order valence-electron chi connectivity index (χ2n) is 9.99. The van der Waals surface area contributed by atoms with Gasteiger partial charge in [-0.15, -0.1) is 0 Å². The summed E-state index contributed by atoms with van der Waals surface area (Å²) >= 11 is 0. The van der Waals surface area contributed by atoms with Crippen LogP contribution < -0.4 is 23.7 Å². The molecule has 0 unspecified atom stereocenters. The molecule has 4 rings (SSSR count). The van der Waals surface area contributed by atoms with Crippen molar-refractivity contribution in [2.45, 2.75) is 44.6 Å². The Morgan fingerprint density at radius 3 is 2.08 bits per heavy atom. The SMILES string of the molecule is COc1ccc(C[C@H]2CO[C@H](c3cc(OC)c(OC)c(OC)c3)[C@H]2COC(=O)C2CCCCC2)cc1OC. The Labute approximate surface area is 225 Å². The Hall–Kier alpha value is -3.13. The Bertz CT molecular complexity index is 1050. The van der Waals surface area contributed by atoms with Gasteiger partial charge in [0, 0.05) is 5.92 Å². The van der Waals surface area contributed by atoms with Gasteiger partial charge >= 0.3 is 5.97 Å². The Morgan fingerprint density at radius 2 is 1.47 bits per heavy atom. The van der Waals surface area contributed by atoms with E-state index in [2.05, 4.69) is 0 Å². The molecule has 1 aliphatic heterocycles. The molecule has 1 saturated carbocycles. The standard InChI is InChI=1S/C30H40O8/c1-32-24-12-11-19(14-25(24)33-2)13-22-17-37-28(21-15-26(34-3)29(36-5)27(16-21)35-4)23(22)18-38-30(31)20-9-7-6-8-10-20/h11-12,14-16,20,22-23,28H,6-10,13,17-18H2,1-5H3/t22-,23-,28+/m0/s1. The maximum Gasteiger partial charge on any atom is 0.308 e. The first-order valence-corrected chi connectivity index (χ1v) is 13.3. The van der Waals surface area contributed by atoms with Crippen molar-refractivity contribution in [3.8, 4) is 28.7 Å². The lowest BCUT2D eigenvalue weighted by Crippen LogP contribution is -2.27. The largest absolute Gasteiger partial charge is 0.493 e. The second kappa shape index (κ2) is 13.1. The molecule has 1 aliphatic carbocycles. The lowest BCUT2D eigenvalue weighted by Gasteiger charge is -2.26. The molecule has 0 bridgehead atoms. The minimum Gasteiger partial charge on any atom is -0.493 e. The summed E-state index contributed by atoms with van der Waals surface area (Å²) in [6, 6.07) is 9.79. The van der Waals surface area contributed by atoms with Crippen LogP contribution >= 0.6 is 0 Å². The van der Waals surface area contributed by atoms with Gasteiger partial charge in [-0.05, 0) is 60.6 Å². The maximum atomic E-state index is 13.0. The molecule has 1 heterocycles. The van der Waals surface area contributed by atoms with Crippen LogP contribution in [0.2, 0.25) is 0 Å². The van der Waals surface area contributed by atoms with Gasteiger partial charge < -0.3 is 33.2 Å². The molecule has 208 valence electrons. The van der Waals surface area contributed by atoms with E-state index in [9.17, 15) is 4.79 Å². The minimum absolute atomic E-state index is 0.00463. The highest BCUT2D eigenvalue weighted by Gasteiger charge is 2.40. The molecule has 2 aromatic carbocycles. The van der Waals surface area contributed by atoms with E-state index in [1.54, 1.807) is 35.5 Å². The van der Waals surface area contributed by atoms with Crippen LogP contribution in [0.15, 0.2) is 30.3 Å². The van der Waals surface area contributed by atoms with Crippen LogP contribution in [-0.4, -0.2) is 54.7 Å². The van der Waals surface area contributed by atoms with Crippen LogP contribution in [0.3, 0.4) is 0 Å². The highest BCUT2D eigenvalue weighted by atomic mass is 16.5. The van der Waals surface area contributed by atoms with Crippen LogP contribution in [-0.2, 0) is 20.7 Å². The molecule has 0 amide bonds. The zero-order valence-corrected chi connectivity index (χ0v) is 23.1. The lowest BCUT2D eigenvalue weighted by molar-refractivity contribution is -0.152. The molecule has 0 N–H and O–H groups in total. The van der Waals surface area contributed by atoms with Gasteiger partial charge in [-0.3, -0.25) is 4.79 Å². The van der Waals surface area contributed by atoms with Gasteiger partial charge in [0.05, 0.1) is 60.8 Å². The van der Waals surface area contributed by atoms with Gasteiger partial charge in [-0.1, -0.05) is 25.3 Å². The number of hydrogen-bond acceptors (Lipinski definition) is 8. The minimum atomic E-state index is -0.298. The molecule has 8 heteroatoms. The molecule has 3 atom stereocenters. The molecule has 0 aromatic heterocycles. The first-order valence-electron chi connectivity index (χ1n) is 13.3. The van der Waals surface area contributed by atoms with Crippen molar-refractivity contribution in [1.29, 1.82) is 0 Å². The summed E-state index contributed by atoms with van der Waals surface area (Å²) in [6.07, 6.45) is 5.62. The number of rotatable bonds is 11. The number of carbonyl (C=O) groups excluding carboxylic acids is 1. The Balaban J connectivity index is 1.60. The summed E-state index contributed by atoms with van der Waals surface area (Å²) < 4.78 is 40.0. The fourth-order valence-corrected chi connectivity index (χ4v) is 5.71. The van der Waals surface area contributed by atoms with Crippen LogP contribution in [0.25, 0.3) is 0 Å². The summed E-state index contributed by atoms with van der Waals surface area (Å²) in [5, 5.41) is 0. The van der Waals surface area contributed by atoms with Gasteiger partial charge in [0.1, 0.15) is 0 Å². The van der Waals surface area contributed by atoms with E-state index in [0.717, 1.165) is 43.2 Å². The van der Waals surface area contributed by atoms with Gasteiger partial charge in [-0.2, -0.15) is 0 Å². The molecule has 8 nitrogen and oxygen atoms in total. The number of methoxy groups -OCH3 is 5. The summed E-state index contributed by atoms with van der Waals surface area (Å²) in [7, 11) is 8.04. The number of benzene rings is 2. The molecule has 0 spiro atoms. The number of hydrogen-bond donors (Lipinski definition) is 0. The molecular weight excluding hydrogens is 488 g/mol. The molecule has 2 aromatic rings. The van der Waals surface area contributed by atoms with Crippen molar-refractivity contribution in [3.05, 3.63) is 41.5 Å². The van der Waals surface area contributed by atoms with Crippen molar-refractivity contribution >= 4 is 5.97 Å². The zero-order valence-electron chi connectivity index (χ0n) is 23.1. The fourth-order valence-electron chi connectivity index (χ4n) is 5.71. The van der Waals surface area contributed by atoms with Crippen molar-refractivity contribution < 1.29 is 38.0 Å². The predicted octanol–water partition coefficient (Wildman–Crippen LogP) is 5.40. The molecule has 1 saturated heterocycles. The summed E-state index contributed by atoms with van der Waals surface area (Å²) in [5.41, 5.74) is 2.00. The molecule has 2 aliphatic rings. The van der Waals surface area contributed by atoms with Crippen molar-refractivity contribution in [2.24, 2.45) is 17.8 Å². The normalized spacial score (nSPS) is 21.6. The van der Waals surface area contributed by atoms with Crippen LogP contribution in [0.1, 0.15) is 49.3 Å². The smallest absolute Gasteiger partial charge is 0.308 e. The van der Waals surface area contributed by atoms with E-state index in [-0.39, 0.29) is 36.4 Å². The van der Waals surface area contributed by atoms with E-state index in [4.69, 9.17) is 33.2 Å². The summed E-state index contributed by atoms with van der Waals surface area (Å²) in [5.74, 6) is 2.99. The van der Waals surface area contributed by atoms with E-state index < -0.39 is 0 Å². The fraction of sp³-hybridized carbons (Fsp3) is 0.567. The van der Waals surface area contributed by atoms with Gasteiger partial charge in [0.25, 0.3) is 0 Å². The number of carbonyl (C=O) groups is 1. The molecular formula is C30H40O8. The van der Waals surface area contributed by atoms with E-state index in [1.807, 2.05) is 30.3 Å². The van der Waals surface area contributed by atoms with Gasteiger partial charge in [0.15, 0.2) is 23.0 Å². The van der Waals surface area contributed by atoms with Gasteiger partial charge in [0.2, 0.25) is 5.75 Å². The predicted molar refractivity (Wildman–Crippen MR) is 143 cm³/mol. The highest BCUT2D eigenvalue weighted by molar-refractivity contribution is 5.72. The number of esters is 1. The maximum absolute atomic E-state index is 13.0. The van der Waals surface area contributed by atoms with Crippen molar-refractivity contribution in [2.75, 3.05) is 48.8 Å². The van der Waals surface area contributed by atoms with E-state index in [0.29, 0.717) is 35.4 Å². The van der Waals surface area contributed by atoms with Crippen LogP contribution in [0.5, 0.6) is 28.7 Å².